The van der Waals surface area contributed by atoms with Crippen LogP contribution in [0.1, 0.15) is 11.4 Å². The van der Waals surface area contributed by atoms with E-state index in [9.17, 15) is 0 Å². The molecule has 0 bridgehead atoms. The fourth-order valence-corrected chi connectivity index (χ4v) is 3.27. The van der Waals surface area contributed by atoms with Crippen molar-refractivity contribution in [3.8, 4) is 11.1 Å². The molecule has 4 rings (SSSR count). The van der Waals surface area contributed by atoms with Crippen LogP contribution >= 0.6 is 0 Å². The Morgan fingerprint density at radius 2 is 1.78 bits per heavy atom. The Balaban J connectivity index is 0.00000210. The Morgan fingerprint density at radius 3 is 2.56 bits per heavy atom. The van der Waals surface area contributed by atoms with Gasteiger partial charge >= 0.3 is 18.9 Å². The molecule has 0 N–H and O–H groups in total. The van der Waals surface area contributed by atoms with Crippen LogP contribution in [0.25, 0.3) is 22.2 Å². The predicted octanol–water partition coefficient (Wildman–Crippen LogP) is 0.917. The zero-order valence-electron chi connectivity index (χ0n) is 16.0. The summed E-state index contributed by atoms with van der Waals surface area (Å²) in [7, 11) is 1.73. The van der Waals surface area contributed by atoms with Gasteiger partial charge in [0.15, 0.2) is 0 Å². The number of methoxy groups -OCH3 is 1. The molecule has 4 aromatic rings. The van der Waals surface area contributed by atoms with Gasteiger partial charge in [-0.05, 0) is 29.8 Å². The van der Waals surface area contributed by atoms with Crippen molar-refractivity contribution >= 4 is 11.0 Å². The predicted molar refractivity (Wildman–Crippen MR) is 103 cm³/mol. The van der Waals surface area contributed by atoms with Gasteiger partial charge in [-0.3, -0.25) is 0 Å². The van der Waals surface area contributed by atoms with Gasteiger partial charge in [0.2, 0.25) is 0 Å². The number of aromatic nitrogens is 4. The summed E-state index contributed by atoms with van der Waals surface area (Å²) in [6.45, 7) is 5.62. The third kappa shape index (κ3) is 3.81. The third-order valence-corrected chi connectivity index (χ3v) is 4.63. The molecule has 2 aromatic carbocycles. The Kier molecular flexibility index (Phi) is 6.07. The van der Waals surface area contributed by atoms with Gasteiger partial charge in [0, 0.05) is 19.3 Å². The van der Waals surface area contributed by atoms with E-state index in [1.54, 1.807) is 7.11 Å². The van der Waals surface area contributed by atoms with E-state index < -0.39 is 0 Å². The maximum atomic E-state index is 5.31. The molecule has 132 valence electrons. The summed E-state index contributed by atoms with van der Waals surface area (Å²) in [5.41, 5.74) is 6.60. The van der Waals surface area contributed by atoms with Gasteiger partial charge in [0.25, 0.3) is 0 Å². The first-order valence-electron chi connectivity index (χ1n) is 8.67. The number of nitrogens with zero attached hydrogens (tertiary/aromatic N) is 4. The van der Waals surface area contributed by atoms with Crippen molar-refractivity contribution in [3.05, 3.63) is 78.6 Å². The van der Waals surface area contributed by atoms with E-state index in [1.807, 2.05) is 41.6 Å². The zero-order valence-corrected chi connectivity index (χ0v) is 16.0. The van der Waals surface area contributed by atoms with Crippen molar-refractivity contribution in [1.82, 2.24) is 19.6 Å². The molecule has 0 unspecified atom stereocenters. The SMILES string of the molecule is COCCn1c([CH-]n2nnc3ccccc32)cc(-c2ccccc2)c1C.[Li+]. The van der Waals surface area contributed by atoms with Gasteiger partial charge in [-0.2, -0.15) is 0 Å². The van der Waals surface area contributed by atoms with Crippen molar-refractivity contribution in [2.75, 3.05) is 13.7 Å². The van der Waals surface area contributed by atoms with E-state index in [0.29, 0.717) is 6.61 Å². The average Bonchev–Trinajstić information content (AvgIpc) is 3.23. The van der Waals surface area contributed by atoms with Crippen molar-refractivity contribution < 1.29 is 23.6 Å². The molecule has 0 saturated carbocycles. The van der Waals surface area contributed by atoms with Crippen LogP contribution in [0.3, 0.4) is 0 Å². The summed E-state index contributed by atoms with van der Waals surface area (Å²) in [4.78, 5) is 0. The minimum atomic E-state index is 0. The molecule has 0 radical (unpaired) electrons. The second kappa shape index (κ2) is 8.49. The smallest absolute Gasteiger partial charge is 0.383 e. The molecule has 27 heavy (non-hydrogen) atoms. The number of hydrogen-bond donors (Lipinski definition) is 0. The zero-order chi connectivity index (χ0) is 17.9. The minimum absolute atomic E-state index is 0. The van der Waals surface area contributed by atoms with E-state index in [1.165, 1.54) is 16.8 Å². The third-order valence-electron chi connectivity index (χ3n) is 4.63. The Bertz CT molecular complexity index is 1020. The summed E-state index contributed by atoms with van der Waals surface area (Å²) in [5.74, 6) is 0. The number of rotatable bonds is 6. The fourth-order valence-electron chi connectivity index (χ4n) is 3.27. The Morgan fingerprint density at radius 1 is 1.04 bits per heavy atom. The van der Waals surface area contributed by atoms with Crippen LogP contribution in [-0.2, 0) is 11.3 Å². The van der Waals surface area contributed by atoms with Gasteiger partial charge in [-0.1, -0.05) is 65.9 Å². The second-order valence-corrected chi connectivity index (χ2v) is 6.23. The van der Waals surface area contributed by atoms with Crippen LogP contribution in [-0.4, -0.2) is 33.3 Å². The number of para-hydroxylation sites is 1. The summed E-state index contributed by atoms with van der Waals surface area (Å²) in [5, 5.41) is 8.53. The van der Waals surface area contributed by atoms with Crippen LogP contribution in [0.4, 0.5) is 0 Å². The van der Waals surface area contributed by atoms with Gasteiger partial charge in [0.05, 0.1) is 12.1 Å². The monoisotopic (exact) mass is 352 g/mol. The maximum Gasteiger partial charge on any atom is 1.00 e. The standard InChI is InChI=1S/C21H21N4O.Li/c1-16-19(17-8-4-3-5-9-17)14-18(24(16)12-13-26-2)15-25-21-11-7-6-10-20(21)22-23-25;/h3-11,14-15H,12-13H2,1-2H3;/q-1;+1. The fraction of sp³-hybridized carbons (Fsp3) is 0.190. The number of fused-ring (bicyclic) bond motifs is 1. The van der Waals surface area contributed by atoms with Gasteiger partial charge in [-0.25, -0.2) is 0 Å². The van der Waals surface area contributed by atoms with Gasteiger partial charge in [-0.15, -0.1) is 11.2 Å². The van der Waals surface area contributed by atoms with E-state index in [2.05, 4.69) is 52.1 Å². The molecule has 2 heterocycles. The molecular weight excluding hydrogens is 331 g/mol. The average molecular weight is 352 g/mol. The van der Waals surface area contributed by atoms with E-state index in [-0.39, 0.29) is 18.9 Å². The first-order chi connectivity index (χ1) is 12.8. The molecule has 6 heteroatoms. The summed E-state index contributed by atoms with van der Waals surface area (Å²) < 4.78 is 9.41. The largest absolute Gasteiger partial charge is 1.00 e. The Hall–Kier alpha value is -2.45. The first kappa shape index (κ1) is 19.3. The molecule has 0 amide bonds. The second-order valence-electron chi connectivity index (χ2n) is 6.23. The number of ether oxygens (including phenoxy) is 1. The first-order valence-corrected chi connectivity index (χ1v) is 8.67. The Labute approximate surface area is 171 Å². The molecule has 0 fully saturated rings. The van der Waals surface area contributed by atoms with E-state index in [4.69, 9.17) is 4.74 Å². The van der Waals surface area contributed by atoms with Gasteiger partial charge in [0.1, 0.15) is 0 Å². The quantitative estimate of drug-likeness (QED) is 0.383. The van der Waals surface area contributed by atoms with Crippen LogP contribution in [0, 0.1) is 13.5 Å². The molecule has 0 saturated heterocycles. The topological polar surface area (TPSA) is 44.9 Å². The molecule has 0 aliphatic heterocycles. The van der Waals surface area contributed by atoms with Crippen LogP contribution in [0.15, 0.2) is 60.7 Å². The van der Waals surface area contributed by atoms with Gasteiger partial charge < -0.3 is 14.0 Å². The van der Waals surface area contributed by atoms with Crippen molar-refractivity contribution in [2.45, 2.75) is 13.5 Å². The van der Waals surface area contributed by atoms with Crippen molar-refractivity contribution in [1.29, 1.82) is 0 Å². The van der Waals surface area contributed by atoms with Crippen LogP contribution in [0.5, 0.6) is 0 Å². The minimum Gasteiger partial charge on any atom is -0.383 e. The van der Waals surface area contributed by atoms with Crippen molar-refractivity contribution in [3.63, 3.8) is 0 Å². The normalized spacial score (nSPS) is 10.7. The molecule has 0 spiro atoms. The summed E-state index contributed by atoms with van der Waals surface area (Å²) in [6, 6.07) is 20.6. The molecule has 0 aliphatic rings. The molecule has 0 aliphatic carbocycles. The number of hydrogen-bond acceptors (Lipinski definition) is 3. The molecule has 2 aromatic heterocycles. The summed E-state index contributed by atoms with van der Waals surface area (Å²) in [6.07, 6.45) is 0. The molecule has 5 nitrogen and oxygen atoms in total. The maximum absolute atomic E-state index is 5.31. The van der Waals surface area contributed by atoms with Crippen LogP contribution < -0.4 is 18.9 Å². The number of benzene rings is 2. The molecule has 0 atom stereocenters. The molecular formula is C21H21LiN4O. The van der Waals surface area contributed by atoms with Crippen molar-refractivity contribution in [2.24, 2.45) is 0 Å². The summed E-state index contributed by atoms with van der Waals surface area (Å²) >= 11 is 0. The van der Waals surface area contributed by atoms with E-state index >= 15 is 0 Å². The van der Waals surface area contributed by atoms with Crippen LogP contribution in [0.2, 0.25) is 0 Å². The van der Waals surface area contributed by atoms with E-state index in [0.717, 1.165) is 23.3 Å².